The molecule has 122 valence electrons. The number of sulfone groups is 1. The topological polar surface area (TPSA) is 86.7 Å². The maximum atomic E-state index is 11.5. The van der Waals surface area contributed by atoms with Crippen LogP contribution in [0, 0.1) is 0 Å². The first-order valence-corrected chi connectivity index (χ1v) is 9.49. The highest BCUT2D eigenvalue weighted by atomic mass is 32.2. The van der Waals surface area contributed by atoms with Crippen molar-refractivity contribution < 1.29 is 18.3 Å². The van der Waals surface area contributed by atoms with Gasteiger partial charge in [0.15, 0.2) is 9.84 Å². The molecule has 2 rings (SSSR count). The third-order valence-corrected chi connectivity index (χ3v) is 6.30. The summed E-state index contributed by atoms with van der Waals surface area (Å²) in [6, 6.07) is 0.376. The monoisotopic (exact) mass is 318 g/mol. The van der Waals surface area contributed by atoms with Crippen LogP contribution in [0.3, 0.4) is 0 Å². The molecule has 1 aliphatic heterocycles. The lowest BCUT2D eigenvalue weighted by Crippen LogP contribution is -2.51. The predicted molar refractivity (Wildman–Crippen MR) is 81.1 cm³/mol. The molecule has 0 radical (unpaired) electrons. The Bertz CT molecular complexity index is 489. The summed E-state index contributed by atoms with van der Waals surface area (Å²) in [5, 5.41) is 12.6. The van der Waals surface area contributed by atoms with Gasteiger partial charge in [0.25, 0.3) is 0 Å². The van der Waals surface area contributed by atoms with Crippen molar-refractivity contribution in [1.82, 2.24) is 10.2 Å². The van der Waals surface area contributed by atoms with Gasteiger partial charge in [0.1, 0.15) is 5.54 Å². The Morgan fingerprint density at radius 3 is 2.62 bits per heavy atom. The molecule has 0 bridgehead atoms. The van der Waals surface area contributed by atoms with Gasteiger partial charge in [-0.1, -0.05) is 0 Å². The molecule has 2 unspecified atom stereocenters. The van der Waals surface area contributed by atoms with Gasteiger partial charge in [-0.05, 0) is 46.1 Å². The molecule has 0 aromatic carbocycles. The van der Waals surface area contributed by atoms with E-state index in [-0.39, 0.29) is 17.5 Å². The van der Waals surface area contributed by atoms with E-state index in [2.05, 4.69) is 10.2 Å². The van der Waals surface area contributed by atoms with Gasteiger partial charge >= 0.3 is 5.97 Å². The maximum Gasteiger partial charge on any atom is 0.323 e. The van der Waals surface area contributed by atoms with Crippen molar-refractivity contribution in [2.75, 3.05) is 24.6 Å². The van der Waals surface area contributed by atoms with E-state index in [1.165, 1.54) is 0 Å². The van der Waals surface area contributed by atoms with Crippen molar-refractivity contribution >= 4 is 15.8 Å². The van der Waals surface area contributed by atoms with Crippen LogP contribution in [0.4, 0.5) is 0 Å². The zero-order chi connectivity index (χ0) is 15.7. The molecule has 1 saturated heterocycles. The quantitative estimate of drug-likeness (QED) is 0.710. The number of carboxylic acids is 1. The number of carbonyl (C=O) groups is 1. The Labute approximate surface area is 126 Å². The molecular formula is C14H26N2O4S. The fraction of sp³-hybridized carbons (Fsp3) is 0.929. The Hall–Kier alpha value is -0.660. The van der Waals surface area contributed by atoms with Gasteiger partial charge in [0, 0.05) is 18.6 Å². The van der Waals surface area contributed by atoms with Crippen LogP contribution in [0.15, 0.2) is 0 Å². The molecule has 1 aliphatic carbocycles. The Kier molecular flexibility index (Phi) is 4.95. The van der Waals surface area contributed by atoms with Crippen LogP contribution >= 0.6 is 0 Å². The van der Waals surface area contributed by atoms with E-state index in [0.717, 1.165) is 25.8 Å². The minimum atomic E-state index is -2.89. The van der Waals surface area contributed by atoms with Crippen LogP contribution in [0.1, 0.15) is 39.5 Å². The summed E-state index contributed by atoms with van der Waals surface area (Å²) in [6.07, 6.45) is 3.44. The first-order chi connectivity index (χ1) is 9.72. The van der Waals surface area contributed by atoms with Gasteiger partial charge in [0.05, 0.1) is 11.5 Å². The van der Waals surface area contributed by atoms with E-state index >= 15 is 0 Å². The van der Waals surface area contributed by atoms with E-state index in [4.69, 9.17) is 0 Å². The molecule has 1 heterocycles. The fourth-order valence-electron chi connectivity index (χ4n) is 2.92. The molecule has 7 heteroatoms. The predicted octanol–water partition coefficient (Wildman–Crippen LogP) is 0.481. The molecule has 0 aromatic rings. The number of aliphatic carboxylic acids is 1. The average molecular weight is 318 g/mol. The van der Waals surface area contributed by atoms with Gasteiger partial charge in [-0.15, -0.1) is 0 Å². The SMILES string of the molecule is CC1CS(=O)(=O)CCN1CCCC(C)(NC1CC1)C(=O)O. The van der Waals surface area contributed by atoms with Crippen LogP contribution < -0.4 is 5.32 Å². The first-order valence-electron chi connectivity index (χ1n) is 7.67. The molecule has 21 heavy (non-hydrogen) atoms. The summed E-state index contributed by atoms with van der Waals surface area (Å²) in [4.78, 5) is 13.6. The largest absolute Gasteiger partial charge is 0.480 e. The highest BCUT2D eigenvalue weighted by Gasteiger charge is 2.38. The molecule has 1 saturated carbocycles. The molecule has 0 aromatic heterocycles. The zero-order valence-electron chi connectivity index (χ0n) is 12.8. The number of rotatable bonds is 7. The molecule has 2 aliphatic rings. The van der Waals surface area contributed by atoms with Gasteiger partial charge < -0.3 is 5.11 Å². The number of nitrogens with one attached hydrogen (secondary N) is 1. The number of hydrogen-bond donors (Lipinski definition) is 2. The molecular weight excluding hydrogens is 292 g/mol. The molecule has 0 spiro atoms. The van der Waals surface area contributed by atoms with Crippen LogP contribution in [-0.2, 0) is 14.6 Å². The minimum Gasteiger partial charge on any atom is -0.480 e. The van der Waals surface area contributed by atoms with E-state index < -0.39 is 21.3 Å². The Morgan fingerprint density at radius 1 is 1.43 bits per heavy atom. The summed E-state index contributed by atoms with van der Waals surface area (Å²) in [7, 11) is -2.89. The highest BCUT2D eigenvalue weighted by Crippen LogP contribution is 2.25. The van der Waals surface area contributed by atoms with Crippen LogP contribution in [-0.4, -0.2) is 66.6 Å². The van der Waals surface area contributed by atoms with Crippen molar-refractivity contribution in [1.29, 1.82) is 0 Å². The highest BCUT2D eigenvalue weighted by molar-refractivity contribution is 7.91. The maximum absolute atomic E-state index is 11.5. The number of nitrogens with zero attached hydrogens (tertiary/aromatic N) is 1. The minimum absolute atomic E-state index is 0.0243. The van der Waals surface area contributed by atoms with Gasteiger partial charge in [-0.25, -0.2) is 8.42 Å². The molecule has 6 nitrogen and oxygen atoms in total. The van der Waals surface area contributed by atoms with Crippen LogP contribution in [0.2, 0.25) is 0 Å². The Balaban J connectivity index is 1.81. The number of hydrogen-bond acceptors (Lipinski definition) is 5. The Morgan fingerprint density at radius 2 is 2.10 bits per heavy atom. The van der Waals surface area contributed by atoms with Crippen molar-refractivity contribution in [3.63, 3.8) is 0 Å². The molecule has 2 N–H and O–H groups in total. The summed E-state index contributed by atoms with van der Waals surface area (Å²) < 4.78 is 23.1. The third kappa shape index (κ3) is 4.66. The van der Waals surface area contributed by atoms with Gasteiger partial charge in [-0.3, -0.25) is 15.0 Å². The zero-order valence-corrected chi connectivity index (χ0v) is 13.7. The van der Waals surface area contributed by atoms with E-state index in [0.29, 0.717) is 19.0 Å². The normalized spacial score (nSPS) is 29.0. The number of carboxylic acid groups (broad SMARTS) is 1. The van der Waals surface area contributed by atoms with Crippen molar-refractivity contribution in [2.45, 2.75) is 57.2 Å². The second-order valence-electron chi connectivity index (χ2n) is 6.66. The lowest BCUT2D eigenvalue weighted by atomic mass is 9.95. The molecule has 2 fully saturated rings. The van der Waals surface area contributed by atoms with Crippen LogP contribution in [0.5, 0.6) is 0 Å². The van der Waals surface area contributed by atoms with Crippen molar-refractivity contribution in [2.24, 2.45) is 0 Å². The lowest BCUT2D eigenvalue weighted by Gasteiger charge is -2.34. The summed E-state index contributed by atoms with van der Waals surface area (Å²) in [6.45, 7) is 4.99. The van der Waals surface area contributed by atoms with Crippen LogP contribution in [0.25, 0.3) is 0 Å². The smallest absolute Gasteiger partial charge is 0.323 e. The van der Waals surface area contributed by atoms with Gasteiger partial charge in [0.2, 0.25) is 0 Å². The van der Waals surface area contributed by atoms with Crippen molar-refractivity contribution in [3.8, 4) is 0 Å². The molecule has 0 amide bonds. The lowest BCUT2D eigenvalue weighted by molar-refractivity contribution is -0.144. The van der Waals surface area contributed by atoms with Gasteiger partial charge in [-0.2, -0.15) is 0 Å². The summed E-state index contributed by atoms with van der Waals surface area (Å²) in [5.41, 5.74) is -0.869. The second kappa shape index (κ2) is 6.22. The standard InChI is InChI=1S/C14H26N2O4S/c1-11-10-21(19,20)9-8-16(11)7-3-6-14(2,13(17)18)15-12-4-5-12/h11-12,15H,3-10H2,1-2H3,(H,17,18). The van der Waals surface area contributed by atoms with E-state index in [1.54, 1.807) is 6.92 Å². The first kappa shape index (κ1) is 16.7. The summed E-state index contributed by atoms with van der Waals surface area (Å²) >= 11 is 0. The van der Waals surface area contributed by atoms with E-state index in [9.17, 15) is 18.3 Å². The molecule has 2 atom stereocenters. The average Bonchev–Trinajstić information content (AvgIpc) is 3.15. The third-order valence-electron chi connectivity index (χ3n) is 4.50. The fourth-order valence-corrected chi connectivity index (χ4v) is 4.55. The second-order valence-corrected chi connectivity index (χ2v) is 8.89. The summed E-state index contributed by atoms with van der Waals surface area (Å²) in [5.74, 6) is -0.374. The van der Waals surface area contributed by atoms with Crippen molar-refractivity contribution in [3.05, 3.63) is 0 Å². The van der Waals surface area contributed by atoms with E-state index in [1.807, 2.05) is 6.92 Å².